The molecule has 0 saturated carbocycles. The molecule has 1 unspecified atom stereocenters. The summed E-state index contributed by atoms with van der Waals surface area (Å²) < 4.78 is 5.66. The van der Waals surface area contributed by atoms with Gasteiger partial charge in [-0.2, -0.15) is 0 Å². The molecule has 0 aromatic carbocycles. The number of Topliss-reactive ketones (excluding diaryl/α,β-unsaturated/α-hetero) is 1. The lowest BCUT2D eigenvalue weighted by atomic mass is 10.2. The average molecular weight is 268 g/mol. The molecule has 0 aromatic rings. The predicted octanol–water partition coefficient (Wildman–Crippen LogP) is 0.679. The van der Waals surface area contributed by atoms with E-state index in [9.17, 15) is 9.59 Å². The van der Waals surface area contributed by atoms with Gasteiger partial charge in [-0.15, -0.1) is 0 Å². The van der Waals surface area contributed by atoms with E-state index in [4.69, 9.17) is 4.74 Å². The zero-order valence-corrected chi connectivity index (χ0v) is 11.8. The molecule has 0 spiro atoms. The van der Waals surface area contributed by atoms with Crippen molar-refractivity contribution >= 4 is 11.7 Å². The Balaban J connectivity index is 1.77. The Morgan fingerprint density at radius 3 is 2.68 bits per heavy atom. The molecule has 2 aliphatic heterocycles. The molecule has 108 valence electrons. The topological polar surface area (TPSA) is 49.9 Å². The van der Waals surface area contributed by atoms with E-state index in [1.54, 1.807) is 0 Å². The summed E-state index contributed by atoms with van der Waals surface area (Å²) in [4.78, 5) is 27.1. The van der Waals surface area contributed by atoms with Gasteiger partial charge in [0.05, 0.1) is 12.5 Å². The van der Waals surface area contributed by atoms with Crippen LogP contribution in [0.25, 0.3) is 0 Å². The van der Waals surface area contributed by atoms with Gasteiger partial charge in [0, 0.05) is 32.8 Å². The Bertz CT molecular complexity index is 327. The monoisotopic (exact) mass is 268 g/mol. The van der Waals surface area contributed by atoms with Crippen LogP contribution in [0.5, 0.6) is 0 Å². The molecular weight excluding hydrogens is 244 g/mol. The summed E-state index contributed by atoms with van der Waals surface area (Å²) in [6.45, 7) is 6.76. The molecule has 2 fully saturated rings. The number of amides is 1. The summed E-state index contributed by atoms with van der Waals surface area (Å²) in [6, 6.07) is 0. The first kappa shape index (κ1) is 14.5. The normalized spacial score (nSPS) is 25.3. The van der Waals surface area contributed by atoms with Crippen LogP contribution in [0.2, 0.25) is 0 Å². The van der Waals surface area contributed by atoms with Crippen molar-refractivity contribution in [1.29, 1.82) is 0 Å². The number of carbonyl (C=O) groups is 2. The number of rotatable bonds is 4. The highest BCUT2D eigenvalue weighted by Crippen LogP contribution is 2.14. The summed E-state index contributed by atoms with van der Waals surface area (Å²) in [5, 5.41) is 0. The highest BCUT2D eigenvalue weighted by molar-refractivity contribution is 5.96. The third-order valence-electron chi connectivity index (χ3n) is 3.83. The molecular formula is C14H24N2O3. The first-order valence-electron chi connectivity index (χ1n) is 7.26. The molecule has 0 aromatic heterocycles. The van der Waals surface area contributed by atoms with Crippen LogP contribution in [0, 0.1) is 0 Å². The fourth-order valence-electron chi connectivity index (χ4n) is 2.80. The second-order valence-electron chi connectivity index (χ2n) is 5.55. The molecule has 0 N–H and O–H groups in total. The van der Waals surface area contributed by atoms with Crippen molar-refractivity contribution < 1.29 is 14.3 Å². The van der Waals surface area contributed by atoms with Crippen LogP contribution in [0.4, 0.5) is 0 Å². The van der Waals surface area contributed by atoms with Crippen LogP contribution in [0.1, 0.15) is 32.6 Å². The van der Waals surface area contributed by atoms with Crippen molar-refractivity contribution in [3.05, 3.63) is 0 Å². The minimum atomic E-state index is -0.0505. The number of ketones is 1. The summed E-state index contributed by atoms with van der Waals surface area (Å²) in [6.07, 6.45) is 3.73. The Kier molecular flexibility index (Phi) is 5.34. The van der Waals surface area contributed by atoms with Crippen molar-refractivity contribution in [2.45, 2.75) is 38.7 Å². The van der Waals surface area contributed by atoms with Crippen LogP contribution in [-0.4, -0.2) is 66.9 Å². The lowest BCUT2D eigenvalue weighted by Gasteiger charge is -2.23. The largest absolute Gasteiger partial charge is 0.377 e. The summed E-state index contributed by atoms with van der Waals surface area (Å²) in [7, 11) is 0. The van der Waals surface area contributed by atoms with Gasteiger partial charge in [-0.05, 0) is 32.7 Å². The number of hydrogen-bond acceptors (Lipinski definition) is 4. The van der Waals surface area contributed by atoms with Gasteiger partial charge in [-0.3, -0.25) is 14.5 Å². The van der Waals surface area contributed by atoms with Gasteiger partial charge >= 0.3 is 0 Å². The van der Waals surface area contributed by atoms with Crippen molar-refractivity contribution in [2.24, 2.45) is 0 Å². The number of hydrogen-bond donors (Lipinski definition) is 0. The number of nitrogens with zero attached hydrogens (tertiary/aromatic N) is 2. The van der Waals surface area contributed by atoms with Crippen molar-refractivity contribution in [1.82, 2.24) is 9.80 Å². The van der Waals surface area contributed by atoms with E-state index < -0.39 is 0 Å². The molecule has 2 heterocycles. The molecule has 0 bridgehead atoms. The van der Waals surface area contributed by atoms with Gasteiger partial charge < -0.3 is 9.64 Å². The maximum Gasteiger partial charge on any atom is 0.230 e. The number of ether oxygens (including phenoxy) is 1. The van der Waals surface area contributed by atoms with Gasteiger partial charge in [-0.25, -0.2) is 0 Å². The third kappa shape index (κ3) is 4.58. The summed E-state index contributed by atoms with van der Waals surface area (Å²) in [5.41, 5.74) is 0. The molecule has 2 rings (SSSR count). The smallest absolute Gasteiger partial charge is 0.230 e. The molecule has 2 saturated heterocycles. The standard InChI is InChI=1S/C14H24N2O3/c1-12(17)10-14(18)16-6-3-5-15(7-8-16)11-13-4-2-9-19-13/h13H,2-11H2,1H3. The lowest BCUT2D eigenvalue weighted by Crippen LogP contribution is -2.38. The minimum Gasteiger partial charge on any atom is -0.377 e. The molecule has 5 nitrogen and oxygen atoms in total. The minimum absolute atomic E-state index is 0.0218. The van der Waals surface area contributed by atoms with Gasteiger partial charge in [0.25, 0.3) is 0 Å². The van der Waals surface area contributed by atoms with E-state index in [1.807, 2.05) is 4.90 Å². The van der Waals surface area contributed by atoms with E-state index >= 15 is 0 Å². The highest BCUT2D eigenvalue weighted by atomic mass is 16.5. The van der Waals surface area contributed by atoms with E-state index in [2.05, 4.69) is 4.90 Å². The average Bonchev–Trinajstić information content (AvgIpc) is 2.73. The Morgan fingerprint density at radius 2 is 2.00 bits per heavy atom. The second kappa shape index (κ2) is 7.01. The SMILES string of the molecule is CC(=O)CC(=O)N1CCCN(CC2CCCO2)CC1. The predicted molar refractivity (Wildman–Crippen MR) is 71.9 cm³/mol. The maximum absolute atomic E-state index is 11.9. The van der Waals surface area contributed by atoms with Crippen molar-refractivity contribution in [3.63, 3.8) is 0 Å². The summed E-state index contributed by atoms with van der Waals surface area (Å²) in [5.74, 6) is -0.0723. The first-order valence-corrected chi connectivity index (χ1v) is 7.26. The molecule has 1 atom stereocenters. The Morgan fingerprint density at radius 1 is 1.16 bits per heavy atom. The van der Waals surface area contributed by atoms with E-state index in [0.29, 0.717) is 6.10 Å². The quantitative estimate of drug-likeness (QED) is 0.704. The van der Waals surface area contributed by atoms with Crippen molar-refractivity contribution in [3.8, 4) is 0 Å². The zero-order valence-electron chi connectivity index (χ0n) is 11.8. The second-order valence-corrected chi connectivity index (χ2v) is 5.55. The fraction of sp³-hybridized carbons (Fsp3) is 0.857. The molecule has 0 aliphatic carbocycles. The van der Waals surface area contributed by atoms with Gasteiger partial charge in [0.2, 0.25) is 5.91 Å². The Labute approximate surface area is 114 Å². The fourth-order valence-corrected chi connectivity index (χ4v) is 2.80. The molecule has 1 amide bonds. The first-order chi connectivity index (χ1) is 9.15. The third-order valence-corrected chi connectivity index (χ3v) is 3.83. The van der Waals surface area contributed by atoms with Crippen LogP contribution < -0.4 is 0 Å². The molecule has 19 heavy (non-hydrogen) atoms. The van der Waals surface area contributed by atoms with Crippen molar-refractivity contribution in [2.75, 3.05) is 39.3 Å². The van der Waals surface area contributed by atoms with E-state index in [0.717, 1.165) is 52.2 Å². The van der Waals surface area contributed by atoms with Crippen LogP contribution in [-0.2, 0) is 14.3 Å². The van der Waals surface area contributed by atoms with Crippen LogP contribution in [0.3, 0.4) is 0 Å². The maximum atomic E-state index is 11.9. The number of carbonyl (C=O) groups excluding carboxylic acids is 2. The summed E-state index contributed by atoms with van der Waals surface area (Å²) >= 11 is 0. The van der Waals surface area contributed by atoms with Crippen LogP contribution >= 0.6 is 0 Å². The van der Waals surface area contributed by atoms with Crippen LogP contribution in [0.15, 0.2) is 0 Å². The van der Waals surface area contributed by atoms with Gasteiger partial charge in [0.1, 0.15) is 5.78 Å². The Hall–Kier alpha value is -0.940. The van der Waals surface area contributed by atoms with E-state index in [-0.39, 0.29) is 18.1 Å². The molecule has 5 heteroatoms. The zero-order chi connectivity index (χ0) is 13.7. The van der Waals surface area contributed by atoms with Gasteiger partial charge in [-0.1, -0.05) is 0 Å². The highest BCUT2D eigenvalue weighted by Gasteiger charge is 2.23. The molecule has 0 radical (unpaired) electrons. The lowest BCUT2D eigenvalue weighted by molar-refractivity contribution is -0.134. The van der Waals surface area contributed by atoms with E-state index in [1.165, 1.54) is 13.3 Å². The van der Waals surface area contributed by atoms with Gasteiger partial charge in [0.15, 0.2) is 0 Å². The molecule has 2 aliphatic rings.